The number of fused-ring (bicyclic) bond motifs is 1. The van der Waals surface area contributed by atoms with Crippen LogP contribution >= 0.6 is 11.8 Å². The van der Waals surface area contributed by atoms with Crippen LogP contribution in [0.5, 0.6) is 0 Å². The van der Waals surface area contributed by atoms with Crippen molar-refractivity contribution >= 4 is 28.6 Å². The molecule has 0 aliphatic carbocycles. The molecule has 0 aliphatic heterocycles. The van der Waals surface area contributed by atoms with Gasteiger partial charge >= 0.3 is 0 Å². The van der Waals surface area contributed by atoms with E-state index in [2.05, 4.69) is 10.1 Å². The third-order valence-corrected chi connectivity index (χ3v) is 6.20. The van der Waals surface area contributed by atoms with Gasteiger partial charge in [-0.3, -0.25) is 14.2 Å². The van der Waals surface area contributed by atoms with E-state index in [4.69, 9.17) is 15.2 Å². The highest BCUT2D eigenvalue weighted by molar-refractivity contribution is 7.98. The fourth-order valence-corrected chi connectivity index (χ4v) is 4.32. The minimum Gasteiger partial charge on any atom is -0.370 e. The summed E-state index contributed by atoms with van der Waals surface area (Å²) in [5.41, 5.74) is 7.83. The highest BCUT2D eigenvalue weighted by Gasteiger charge is 2.14. The first kappa shape index (κ1) is 22.7. The fourth-order valence-electron chi connectivity index (χ4n) is 3.46. The number of amides is 1. The zero-order valence-electron chi connectivity index (χ0n) is 18.4. The quantitative estimate of drug-likeness (QED) is 0.214. The number of benzene rings is 2. The topological polar surface area (TPSA) is 117 Å². The number of thioether (sulfide) groups is 1. The second-order valence-corrected chi connectivity index (χ2v) is 8.75. The predicted molar refractivity (Wildman–Crippen MR) is 128 cm³/mol. The van der Waals surface area contributed by atoms with Gasteiger partial charge in [0.1, 0.15) is 0 Å². The van der Waals surface area contributed by atoms with Crippen LogP contribution in [0.4, 0.5) is 0 Å². The van der Waals surface area contributed by atoms with Crippen LogP contribution in [0, 0.1) is 6.92 Å². The number of aromatic nitrogens is 4. The Morgan fingerprint density at radius 2 is 1.85 bits per heavy atom. The van der Waals surface area contributed by atoms with Crippen LogP contribution in [0.2, 0.25) is 0 Å². The monoisotopic (exact) mass is 463 g/mol. The normalized spacial score (nSPS) is 11.2. The fraction of sp³-hybridized carbons (Fsp3) is 0.292. The van der Waals surface area contributed by atoms with E-state index >= 15 is 0 Å². The van der Waals surface area contributed by atoms with Crippen LogP contribution in [0.15, 0.2) is 63.0 Å². The lowest BCUT2D eigenvalue weighted by Crippen LogP contribution is -2.23. The number of primary amides is 1. The van der Waals surface area contributed by atoms with Gasteiger partial charge in [-0.05, 0) is 31.9 Å². The number of nitrogens with zero attached hydrogens (tertiary/aromatic N) is 4. The smallest absolute Gasteiger partial charge is 0.262 e. The molecule has 0 spiro atoms. The first-order valence-electron chi connectivity index (χ1n) is 10.8. The van der Waals surface area contributed by atoms with E-state index in [0.717, 1.165) is 24.0 Å². The molecule has 33 heavy (non-hydrogen) atoms. The zero-order valence-corrected chi connectivity index (χ0v) is 19.2. The summed E-state index contributed by atoms with van der Waals surface area (Å²) in [5.74, 6) is 1.08. The molecular formula is C24H25N5O3S. The van der Waals surface area contributed by atoms with Crippen LogP contribution in [0.25, 0.3) is 22.3 Å². The second-order valence-electron chi connectivity index (χ2n) is 7.81. The Labute approximate surface area is 195 Å². The molecule has 2 aromatic carbocycles. The van der Waals surface area contributed by atoms with Gasteiger partial charge < -0.3 is 10.3 Å². The van der Waals surface area contributed by atoms with E-state index in [0.29, 0.717) is 52.9 Å². The Bertz CT molecular complexity index is 1310. The van der Waals surface area contributed by atoms with Crippen molar-refractivity contribution in [2.75, 3.05) is 0 Å². The van der Waals surface area contributed by atoms with Gasteiger partial charge in [-0.2, -0.15) is 4.98 Å². The van der Waals surface area contributed by atoms with Gasteiger partial charge in [-0.1, -0.05) is 65.3 Å². The minimum atomic E-state index is -0.305. The van der Waals surface area contributed by atoms with E-state index in [9.17, 15) is 9.59 Å². The summed E-state index contributed by atoms with van der Waals surface area (Å²) in [4.78, 5) is 33.3. The lowest BCUT2D eigenvalue weighted by Gasteiger charge is -2.12. The summed E-state index contributed by atoms with van der Waals surface area (Å²) in [6.07, 6.45) is 2.61. The summed E-state index contributed by atoms with van der Waals surface area (Å²) in [7, 11) is 0. The molecule has 0 saturated heterocycles. The van der Waals surface area contributed by atoms with Gasteiger partial charge in [0, 0.05) is 18.5 Å². The molecule has 4 aromatic rings. The molecule has 0 fully saturated rings. The van der Waals surface area contributed by atoms with Crippen molar-refractivity contribution < 1.29 is 9.32 Å². The standard InChI is InChI=1S/C24H25N5O3S/c1-16-10-12-17(13-11-16)22-27-21(32-28-22)15-33-24-26-19-8-5-4-7-18(19)23(31)29(24)14-6-2-3-9-20(25)30/h4-5,7-8,10-13H,2-3,6,9,14-15H2,1H3,(H2,25,30). The third-order valence-electron chi connectivity index (χ3n) is 5.23. The van der Waals surface area contributed by atoms with E-state index in [-0.39, 0.29) is 11.5 Å². The Morgan fingerprint density at radius 3 is 2.64 bits per heavy atom. The predicted octanol–water partition coefficient (Wildman–Crippen LogP) is 4.09. The summed E-state index contributed by atoms with van der Waals surface area (Å²) >= 11 is 1.39. The van der Waals surface area contributed by atoms with Crippen molar-refractivity contribution in [3.63, 3.8) is 0 Å². The number of carbonyl (C=O) groups excluding carboxylic acids is 1. The number of carbonyl (C=O) groups is 1. The van der Waals surface area contributed by atoms with Crippen LogP contribution in [0.3, 0.4) is 0 Å². The molecule has 0 unspecified atom stereocenters. The molecule has 0 bridgehead atoms. The van der Waals surface area contributed by atoms with Crippen molar-refractivity contribution in [1.29, 1.82) is 0 Å². The van der Waals surface area contributed by atoms with Gasteiger partial charge in [0.2, 0.25) is 17.6 Å². The van der Waals surface area contributed by atoms with Crippen LogP contribution in [-0.4, -0.2) is 25.6 Å². The van der Waals surface area contributed by atoms with Crippen molar-refractivity contribution in [2.24, 2.45) is 5.73 Å². The average molecular weight is 464 g/mol. The SMILES string of the molecule is Cc1ccc(-c2noc(CSc3nc4ccccc4c(=O)n3CCCCCC(N)=O)n2)cc1. The minimum absolute atomic E-state index is 0.0797. The second kappa shape index (κ2) is 10.4. The Kier molecular flexibility index (Phi) is 7.19. The van der Waals surface area contributed by atoms with Crippen molar-refractivity contribution in [2.45, 2.75) is 50.1 Å². The van der Waals surface area contributed by atoms with Crippen molar-refractivity contribution in [3.8, 4) is 11.4 Å². The zero-order chi connectivity index (χ0) is 23.2. The maximum Gasteiger partial charge on any atom is 0.262 e. The molecule has 0 saturated carbocycles. The Morgan fingerprint density at radius 1 is 1.06 bits per heavy atom. The summed E-state index contributed by atoms with van der Waals surface area (Å²) in [5, 5.41) is 5.26. The molecule has 2 aromatic heterocycles. The largest absolute Gasteiger partial charge is 0.370 e. The number of para-hydroxylation sites is 1. The molecule has 4 rings (SSSR count). The van der Waals surface area contributed by atoms with Crippen molar-refractivity contribution in [3.05, 3.63) is 70.3 Å². The Hall–Kier alpha value is -3.46. The van der Waals surface area contributed by atoms with Crippen molar-refractivity contribution in [1.82, 2.24) is 19.7 Å². The molecule has 1 amide bonds. The highest BCUT2D eigenvalue weighted by Crippen LogP contribution is 2.24. The molecule has 8 nitrogen and oxygen atoms in total. The first-order chi connectivity index (χ1) is 16.0. The molecule has 0 aliphatic rings. The highest BCUT2D eigenvalue weighted by atomic mass is 32.2. The molecule has 0 atom stereocenters. The molecular weight excluding hydrogens is 438 g/mol. The van der Waals surface area contributed by atoms with E-state index in [1.54, 1.807) is 10.6 Å². The van der Waals surface area contributed by atoms with Gasteiger partial charge in [-0.25, -0.2) is 4.98 Å². The van der Waals surface area contributed by atoms with Gasteiger partial charge in [0.05, 0.1) is 16.7 Å². The number of hydrogen-bond donors (Lipinski definition) is 1. The number of aryl methyl sites for hydroxylation is 1. The molecule has 170 valence electrons. The number of unbranched alkanes of at least 4 members (excludes halogenated alkanes) is 2. The number of nitrogens with two attached hydrogens (primary N) is 1. The summed E-state index contributed by atoms with van der Waals surface area (Å²) in [6, 6.07) is 15.2. The molecule has 0 radical (unpaired) electrons. The molecule has 2 N–H and O–H groups in total. The first-order valence-corrected chi connectivity index (χ1v) is 11.8. The van der Waals surface area contributed by atoms with Gasteiger partial charge in [0.15, 0.2) is 5.16 Å². The maximum atomic E-state index is 13.1. The lowest BCUT2D eigenvalue weighted by molar-refractivity contribution is -0.118. The molecule has 2 heterocycles. The van der Waals surface area contributed by atoms with Gasteiger partial charge in [0.25, 0.3) is 5.56 Å². The molecule has 9 heteroatoms. The van der Waals surface area contributed by atoms with E-state index in [1.807, 2.05) is 49.4 Å². The average Bonchev–Trinajstić information content (AvgIpc) is 3.28. The van der Waals surface area contributed by atoms with Crippen LogP contribution in [-0.2, 0) is 17.1 Å². The summed E-state index contributed by atoms with van der Waals surface area (Å²) in [6.45, 7) is 2.53. The van der Waals surface area contributed by atoms with Crippen LogP contribution < -0.4 is 11.3 Å². The van der Waals surface area contributed by atoms with Gasteiger partial charge in [-0.15, -0.1) is 0 Å². The summed E-state index contributed by atoms with van der Waals surface area (Å²) < 4.78 is 7.11. The van der Waals surface area contributed by atoms with E-state index in [1.165, 1.54) is 11.8 Å². The maximum absolute atomic E-state index is 13.1. The van der Waals surface area contributed by atoms with Crippen LogP contribution in [0.1, 0.15) is 37.1 Å². The third kappa shape index (κ3) is 5.67. The Balaban J connectivity index is 1.52. The van der Waals surface area contributed by atoms with E-state index < -0.39 is 0 Å². The lowest BCUT2D eigenvalue weighted by atomic mass is 10.1. The number of rotatable bonds is 10. The number of hydrogen-bond acceptors (Lipinski definition) is 7.